The van der Waals surface area contributed by atoms with E-state index in [0.29, 0.717) is 5.92 Å². The summed E-state index contributed by atoms with van der Waals surface area (Å²) in [5.74, 6) is 1.78. The molecule has 1 heterocycles. The van der Waals surface area contributed by atoms with Gasteiger partial charge in [-0.15, -0.1) is 0 Å². The van der Waals surface area contributed by atoms with Crippen molar-refractivity contribution in [3.8, 4) is 0 Å². The molecule has 1 fully saturated rings. The summed E-state index contributed by atoms with van der Waals surface area (Å²) < 4.78 is 5.56. The Hall–Kier alpha value is -0.800. The number of hydrogen-bond acceptors (Lipinski definition) is 3. The Morgan fingerprint density at radius 1 is 1.47 bits per heavy atom. The van der Waals surface area contributed by atoms with Gasteiger partial charge in [0.05, 0.1) is 12.8 Å². The summed E-state index contributed by atoms with van der Waals surface area (Å²) in [7, 11) is 2.20. The zero-order chi connectivity index (χ0) is 12.3. The van der Waals surface area contributed by atoms with Crippen molar-refractivity contribution in [3.05, 3.63) is 23.7 Å². The van der Waals surface area contributed by atoms with E-state index in [4.69, 9.17) is 4.42 Å². The molecule has 0 saturated heterocycles. The van der Waals surface area contributed by atoms with Crippen molar-refractivity contribution in [2.24, 2.45) is 5.92 Å². The van der Waals surface area contributed by atoms with Crippen LogP contribution in [-0.4, -0.2) is 24.5 Å². The summed E-state index contributed by atoms with van der Waals surface area (Å²) in [6.45, 7) is 7.34. The summed E-state index contributed by atoms with van der Waals surface area (Å²) in [4.78, 5) is 2.43. The third-order valence-electron chi connectivity index (χ3n) is 3.27. The molecule has 0 aliphatic heterocycles. The average Bonchev–Trinajstić information content (AvgIpc) is 3.03. The first-order valence-corrected chi connectivity index (χ1v) is 6.63. The minimum absolute atomic E-state index is 0.683. The topological polar surface area (TPSA) is 28.4 Å². The van der Waals surface area contributed by atoms with E-state index in [1.807, 2.05) is 6.26 Å². The van der Waals surface area contributed by atoms with E-state index < -0.39 is 0 Å². The van der Waals surface area contributed by atoms with Gasteiger partial charge in [-0.25, -0.2) is 0 Å². The molecular formula is C14H24N2O. The van der Waals surface area contributed by atoms with E-state index >= 15 is 0 Å². The molecule has 1 aromatic heterocycles. The maximum atomic E-state index is 5.56. The molecule has 2 rings (SSSR count). The van der Waals surface area contributed by atoms with Gasteiger partial charge < -0.3 is 9.73 Å². The van der Waals surface area contributed by atoms with Gasteiger partial charge in [0, 0.05) is 18.2 Å². The number of furan rings is 1. The zero-order valence-corrected chi connectivity index (χ0v) is 11.2. The second-order valence-corrected chi connectivity index (χ2v) is 5.54. The van der Waals surface area contributed by atoms with Crippen LogP contribution < -0.4 is 5.32 Å². The molecule has 0 bridgehead atoms. The molecule has 0 aromatic carbocycles. The largest absolute Gasteiger partial charge is 0.468 e. The summed E-state index contributed by atoms with van der Waals surface area (Å²) in [6, 6.07) is 2.91. The summed E-state index contributed by atoms with van der Waals surface area (Å²) in [5.41, 5.74) is 1.33. The Balaban J connectivity index is 1.82. The lowest BCUT2D eigenvalue weighted by atomic mass is 10.2. The van der Waals surface area contributed by atoms with Crippen molar-refractivity contribution in [1.82, 2.24) is 10.2 Å². The molecule has 0 spiro atoms. The van der Waals surface area contributed by atoms with Crippen LogP contribution in [0.5, 0.6) is 0 Å². The first kappa shape index (κ1) is 12.7. The molecule has 1 saturated carbocycles. The molecule has 0 radical (unpaired) electrons. The van der Waals surface area contributed by atoms with Gasteiger partial charge in [0.15, 0.2) is 0 Å². The van der Waals surface area contributed by atoms with E-state index in [2.05, 4.69) is 37.2 Å². The van der Waals surface area contributed by atoms with Crippen LogP contribution in [0.15, 0.2) is 16.7 Å². The van der Waals surface area contributed by atoms with Gasteiger partial charge in [-0.2, -0.15) is 0 Å². The monoisotopic (exact) mass is 236 g/mol. The Bertz CT molecular complexity index is 342. The van der Waals surface area contributed by atoms with Crippen LogP contribution in [0.3, 0.4) is 0 Å². The van der Waals surface area contributed by atoms with Crippen LogP contribution >= 0.6 is 0 Å². The highest BCUT2D eigenvalue weighted by molar-refractivity contribution is 5.17. The number of rotatable bonds is 7. The van der Waals surface area contributed by atoms with Crippen LogP contribution in [0, 0.1) is 5.92 Å². The van der Waals surface area contributed by atoms with Crippen molar-refractivity contribution >= 4 is 0 Å². The third kappa shape index (κ3) is 3.86. The third-order valence-corrected chi connectivity index (χ3v) is 3.27. The van der Waals surface area contributed by atoms with Gasteiger partial charge in [0.25, 0.3) is 0 Å². The Morgan fingerprint density at radius 2 is 2.24 bits per heavy atom. The summed E-state index contributed by atoms with van der Waals surface area (Å²) in [5, 5.41) is 3.43. The molecule has 1 aliphatic carbocycles. The van der Waals surface area contributed by atoms with Gasteiger partial charge in [-0.3, -0.25) is 4.90 Å². The lowest BCUT2D eigenvalue weighted by molar-refractivity contribution is 0.312. The Morgan fingerprint density at radius 3 is 2.88 bits per heavy atom. The Labute approximate surface area is 104 Å². The maximum absolute atomic E-state index is 5.56. The van der Waals surface area contributed by atoms with Crippen molar-refractivity contribution in [3.63, 3.8) is 0 Å². The Kier molecular flexibility index (Phi) is 4.24. The van der Waals surface area contributed by atoms with Gasteiger partial charge in [-0.05, 0) is 38.4 Å². The van der Waals surface area contributed by atoms with E-state index in [9.17, 15) is 0 Å². The van der Waals surface area contributed by atoms with Crippen LogP contribution in [0.2, 0.25) is 0 Å². The molecule has 96 valence electrons. The highest BCUT2D eigenvalue weighted by Crippen LogP contribution is 2.27. The zero-order valence-electron chi connectivity index (χ0n) is 11.2. The van der Waals surface area contributed by atoms with E-state index in [1.165, 1.54) is 18.4 Å². The second kappa shape index (κ2) is 5.69. The first-order chi connectivity index (χ1) is 8.16. The summed E-state index contributed by atoms with van der Waals surface area (Å²) >= 11 is 0. The highest BCUT2D eigenvalue weighted by Gasteiger charge is 2.26. The second-order valence-electron chi connectivity index (χ2n) is 5.54. The normalized spacial score (nSPS) is 16.1. The van der Waals surface area contributed by atoms with E-state index in [0.717, 1.165) is 31.4 Å². The molecule has 0 atom stereocenters. The lowest BCUT2D eigenvalue weighted by Gasteiger charge is -2.15. The standard InChI is InChI=1S/C14H24N2O/c1-11(2)8-15-9-14-12(6-7-17-14)10-16(3)13-4-5-13/h6-7,11,13,15H,4-5,8-10H2,1-3H3. The quantitative estimate of drug-likeness (QED) is 0.789. The highest BCUT2D eigenvalue weighted by atomic mass is 16.3. The molecule has 3 nitrogen and oxygen atoms in total. The molecule has 1 aliphatic rings. The first-order valence-electron chi connectivity index (χ1n) is 6.63. The summed E-state index contributed by atoms with van der Waals surface area (Å²) in [6.07, 6.45) is 4.52. The SMILES string of the molecule is CC(C)CNCc1occc1CN(C)C1CC1. The molecule has 17 heavy (non-hydrogen) atoms. The van der Waals surface area contributed by atoms with Crippen LogP contribution in [0.25, 0.3) is 0 Å². The van der Waals surface area contributed by atoms with Gasteiger partial charge >= 0.3 is 0 Å². The van der Waals surface area contributed by atoms with Crippen molar-refractivity contribution < 1.29 is 4.42 Å². The number of hydrogen-bond donors (Lipinski definition) is 1. The van der Waals surface area contributed by atoms with Crippen molar-refractivity contribution in [1.29, 1.82) is 0 Å². The fourth-order valence-corrected chi connectivity index (χ4v) is 2.05. The van der Waals surface area contributed by atoms with Crippen LogP contribution in [-0.2, 0) is 13.1 Å². The molecule has 0 amide bonds. The number of nitrogens with one attached hydrogen (secondary N) is 1. The fourth-order valence-electron chi connectivity index (χ4n) is 2.05. The fraction of sp³-hybridized carbons (Fsp3) is 0.714. The predicted molar refractivity (Wildman–Crippen MR) is 69.7 cm³/mol. The molecule has 0 unspecified atom stereocenters. The van der Waals surface area contributed by atoms with E-state index in [1.54, 1.807) is 0 Å². The lowest BCUT2D eigenvalue weighted by Crippen LogP contribution is -2.22. The van der Waals surface area contributed by atoms with Gasteiger partial charge in [0.2, 0.25) is 0 Å². The van der Waals surface area contributed by atoms with Gasteiger partial charge in [-0.1, -0.05) is 13.8 Å². The smallest absolute Gasteiger partial charge is 0.122 e. The van der Waals surface area contributed by atoms with E-state index in [-0.39, 0.29) is 0 Å². The maximum Gasteiger partial charge on any atom is 0.122 e. The van der Waals surface area contributed by atoms with Crippen LogP contribution in [0.4, 0.5) is 0 Å². The minimum atomic E-state index is 0.683. The molecular weight excluding hydrogens is 212 g/mol. The van der Waals surface area contributed by atoms with Crippen molar-refractivity contribution in [2.75, 3.05) is 13.6 Å². The average molecular weight is 236 g/mol. The molecule has 3 heteroatoms. The van der Waals surface area contributed by atoms with Crippen LogP contribution in [0.1, 0.15) is 38.0 Å². The number of nitrogens with zero attached hydrogens (tertiary/aromatic N) is 1. The van der Waals surface area contributed by atoms with Crippen molar-refractivity contribution in [2.45, 2.75) is 45.8 Å². The molecule has 1 aromatic rings. The predicted octanol–water partition coefficient (Wildman–Crippen LogP) is 2.62. The molecule has 1 N–H and O–H groups in total. The van der Waals surface area contributed by atoms with Gasteiger partial charge in [0.1, 0.15) is 5.76 Å². The minimum Gasteiger partial charge on any atom is -0.468 e.